The van der Waals surface area contributed by atoms with E-state index in [1.54, 1.807) is 14.2 Å². The summed E-state index contributed by atoms with van der Waals surface area (Å²) in [6, 6.07) is 12.2. The van der Waals surface area contributed by atoms with E-state index in [9.17, 15) is 0 Å². The smallest absolute Gasteiger partial charge is 0.191 e. The zero-order valence-electron chi connectivity index (χ0n) is 18.1. The highest BCUT2D eigenvalue weighted by Gasteiger charge is 2.22. The van der Waals surface area contributed by atoms with Gasteiger partial charge in [0.15, 0.2) is 5.96 Å². The quantitative estimate of drug-likeness (QED) is 0.343. The van der Waals surface area contributed by atoms with Crippen LogP contribution in [0.4, 0.5) is 5.82 Å². The van der Waals surface area contributed by atoms with Crippen molar-refractivity contribution in [1.29, 1.82) is 0 Å². The molecule has 8 heteroatoms. The molecular weight excluding hydrogens is 493 g/mol. The summed E-state index contributed by atoms with van der Waals surface area (Å²) < 4.78 is 11.1. The molecule has 0 bridgehead atoms. The van der Waals surface area contributed by atoms with Crippen molar-refractivity contribution in [3.8, 4) is 5.75 Å². The Morgan fingerprint density at radius 2 is 1.83 bits per heavy atom. The lowest BCUT2D eigenvalue weighted by Crippen LogP contribution is -2.45. The van der Waals surface area contributed by atoms with E-state index in [4.69, 9.17) is 9.47 Å². The predicted molar refractivity (Wildman–Crippen MR) is 132 cm³/mol. The number of aliphatic imine (C=N–C) groups is 1. The van der Waals surface area contributed by atoms with Crippen LogP contribution in [0, 0.1) is 0 Å². The predicted octanol–water partition coefficient (Wildman–Crippen LogP) is 3.19. The van der Waals surface area contributed by atoms with Gasteiger partial charge in [0.25, 0.3) is 0 Å². The number of benzene rings is 1. The average Bonchev–Trinajstić information content (AvgIpc) is 2.73. The van der Waals surface area contributed by atoms with Crippen LogP contribution in [-0.4, -0.2) is 50.4 Å². The molecular formula is C22H32IN5O2. The lowest BCUT2D eigenvalue weighted by molar-refractivity contribution is -0.00545. The second kappa shape index (κ2) is 11.9. The van der Waals surface area contributed by atoms with Crippen LogP contribution >= 0.6 is 24.0 Å². The Balaban J connectivity index is 0.00000320. The maximum atomic E-state index is 5.80. The summed E-state index contributed by atoms with van der Waals surface area (Å²) in [5, 5.41) is 6.65. The molecule has 2 N–H and O–H groups in total. The fourth-order valence-corrected chi connectivity index (χ4v) is 3.45. The van der Waals surface area contributed by atoms with Crippen molar-refractivity contribution >= 4 is 35.8 Å². The third kappa shape index (κ3) is 7.02. The van der Waals surface area contributed by atoms with E-state index in [2.05, 4.69) is 57.6 Å². The SMILES string of the molecule is CN=C(NCc1ccc(N2CC(C)OC(C)C2)nc1)NCc1cccc(OC)c1.I. The summed E-state index contributed by atoms with van der Waals surface area (Å²) in [7, 11) is 3.44. The van der Waals surface area contributed by atoms with Gasteiger partial charge in [0.2, 0.25) is 0 Å². The number of aromatic nitrogens is 1. The third-order valence-corrected chi connectivity index (χ3v) is 4.83. The van der Waals surface area contributed by atoms with Gasteiger partial charge >= 0.3 is 0 Å². The summed E-state index contributed by atoms with van der Waals surface area (Å²) in [5.74, 6) is 2.59. The van der Waals surface area contributed by atoms with Crippen molar-refractivity contribution in [2.75, 3.05) is 32.1 Å². The van der Waals surface area contributed by atoms with E-state index < -0.39 is 0 Å². The number of pyridine rings is 1. The second-order valence-corrected chi connectivity index (χ2v) is 7.32. The number of ether oxygens (including phenoxy) is 2. The first-order chi connectivity index (χ1) is 14.1. The first kappa shape index (κ1) is 24.2. The van der Waals surface area contributed by atoms with Gasteiger partial charge in [-0.15, -0.1) is 24.0 Å². The molecule has 1 aliphatic rings. The summed E-state index contributed by atoms with van der Waals surface area (Å²) in [6.07, 6.45) is 2.37. The lowest BCUT2D eigenvalue weighted by Gasteiger charge is -2.36. The van der Waals surface area contributed by atoms with Crippen LogP contribution in [0.5, 0.6) is 5.75 Å². The molecule has 7 nitrogen and oxygen atoms in total. The largest absolute Gasteiger partial charge is 0.497 e. The molecule has 3 rings (SSSR count). The van der Waals surface area contributed by atoms with Crippen LogP contribution in [0.15, 0.2) is 47.6 Å². The first-order valence-corrected chi connectivity index (χ1v) is 10.00. The molecule has 1 aromatic heterocycles. The number of guanidine groups is 1. The number of hydrogen-bond acceptors (Lipinski definition) is 5. The van der Waals surface area contributed by atoms with Crippen LogP contribution < -0.4 is 20.3 Å². The van der Waals surface area contributed by atoms with Crippen LogP contribution in [0.1, 0.15) is 25.0 Å². The Kier molecular flexibility index (Phi) is 9.64. The molecule has 2 heterocycles. The van der Waals surface area contributed by atoms with Crippen molar-refractivity contribution < 1.29 is 9.47 Å². The van der Waals surface area contributed by atoms with Gasteiger partial charge in [-0.2, -0.15) is 0 Å². The highest BCUT2D eigenvalue weighted by atomic mass is 127. The van der Waals surface area contributed by atoms with Crippen molar-refractivity contribution in [1.82, 2.24) is 15.6 Å². The van der Waals surface area contributed by atoms with E-state index in [0.29, 0.717) is 13.1 Å². The Labute approximate surface area is 196 Å². The van der Waals surface area contributed by atoms with Gasteiger partial charge < -0.3 is 25.0 Å². The molecule has 2 unspecified atom stereocenters. The molecule has 1 fully saturated rings. The zero-order chi connectivity index (χ0) is 20.6. The van der Waals surface area contributed by atoms with Gasteiger partial charge in [-0.05, 0) is 43.2 Å². The maximum Gasteiger partial charge on any atom is 0.191 e. The zero-order valence-corrected chi connectivity index (χ0v) is 20.4. The van der Waals surface area contributed by atoms with Gasteiger partial charge in [-0.25, -0.2) is 4.98 Å². The van der Waals surface area contributed by atoms with Crippen LogP contribution in [-0.2, 0) is 17.8 Å². The highest BCUT2D eigenvalue weighted by molar-refractivity contribution is 14.0. The van der Waals surface area contributed by atoms with Crippen LogP contribution in [0.3, 0.4) is 0 Å². The molecule has 164 valence electrons. The highest BCUT2D eigenvalue weighted by Crippen LogP contribution is 2.18. The second-order valence-electron chi connectivity index (χ2n) is 7.32. The third-order valence-electron chi connectivity index (χ3n) is 4.83. The minimum absolute atomic E-state index is 0. The molecule has 30 heavy (non-hydrogen) atoms. The summed E-state index contributed by atoms with van der Waals surface area (Å²) in [6.45, 7) is 7.27. The number of halogens is 1. The Morgan fingerprint density at radius 1 is 1.13 bits per heavy atom. The van der Waals surface area contributed by atoms with Crippen molar-refractivity contribution in [2.45, 2.75) is 39.1 Å². The molecule has 2 aromatic rings. The number of nitrogens with zero attached hydrogens (tertiary/aromatic N) is 3. The van der Waals surface area contributed by atoms with Gasteiger partial charge in [0.05, 0.1) is 19.3 Å². The summed E-state index contributed by atoms with van der Waals surface area (Å²) in [5.41, 5.74) is 2.24. The molecule has 0 amide bonds. The van der Waals surface area contributed by atoms with Crippen molar-refractivity contribution in [2.24, 2.45) is 4.99 Å². The fraction of sp³-hybridized carbons (Fsp3) is 0.455. The molecule has 0 radical (unpaired) electrons. The Bertz CT molecular complexity index is 805. The molecule has 1 saturated heterocycles. The van der Waals surface area contributed by atoms with Crippen molar-refractivity contribution in [3.63, 3.8) is 0 Å². The minimum atomic E-state index is 0. The molecule has 0 spiro atoms. The maximum absolute atomic E-state index is 5.80. The topological polar surface area (TPSA) is 71.0 Å². The van der Waals surface area contributed by atoms with E-state index in [1.807, 2.05) is 24.4 Å². The molecule has 1 aliphatic heterocycles. The number of nitrogens with one attached hydrogen (secondary N) is 2. The van der Waals surface area contributed by atoms with Crippen molar-refractivity contribution in [3.05, 3.63) is 53.7 Å². The van der Waals surface area contributed by atoms with Crippen LogP contribution in [0.2, 0.25) is 0 Å². The first-order valence-electron chi connectivity index (χ1n) is 10.00. The molecule has 0 saturated carbocycles. The number of morpholine rings is 1. The van der Waals surface area contributed by atoms with Crippen LogP contribution in [0.25, 0.3) is 0 Å². The minimum Gasteiger partial charge on any atom is -0.497 e. The fourth-order valence-electron chi connectivity index (χ4n) is 3.45. The standard InChI is InChI=1S/C22H31N5O2.HI/c1-16-14-27(15-17(2)29-16)21-9-8-19(12-24-21)13-26-22(23-3)25-11-18-6-5-7-20(10-18)28-4;/h5-10,12,16-17H,11,13-15H2,1-4H3,(H2,23,25,26);1H. The molecule has 1 aromatic carbocycles. The number of anilines is 1. The van der Waals surface area contributed by atoms with Gasteiger partial charge in [-0.1, -0.05) is 18.2 Å². The molecule has 0 aliphatic carbocycles. The lowest BCUT2D eigenvalue weighted by atomic mass is 10.2. The number of rotatable bonds is 6. The van der Waals surface area contributed by atoms with E-state index in [1.165, 1.54) is 0 Å². The van der Waals surface area contributed by atoms with E-state index in [0.717, 1.165) is 41.7 Å². The van der Waals surface area contributed by atoms with E-state index in [-0.39, 0.29) is 36.2 Å². The number of methoxy groups -OCH3 is 1. The summed E-state index contributed by atoms with van der Waals surface area (Å²) in [4.78, 5) is 11.2. The Morgan fingerprint density at radius 3 is 2.43 bits per heavy atom. The van der Waals surface area contributed by atoms with E-state index >= 15 is 0 Å². The monoisotopic (exact) mass is 525 g/mol. The molecule has 2 atom stereocenters. The van der Waals surface area contributed by atoms with Gasteiger partial charge in [0.1, 0.15) is 11.6 Å². The average molecular weight is 525 g/mol. The summed E-state index contributed by atoms with van der Waals surface area (Å²) >= 11 is 0. The number of hydrogen-bond donors (Lipinski definition) is 2. The van der Waals surface area contributed by atoms with Gasteiger partial charge in [-0.3, -0.25) is 4.99 Å². The van der Waals surface area contributed by atoms with Gasteiger partial charge in [0, 0.05) is 39.4 Å². The normalized spacial score (nSPS) is 19.1. The Hall–Kier alpha value is -2.07.